The predicted molar refractivity (Wildman–Crippen MR) is 107 cm³/mol. The highest BCUT2D eigenvalue weighted by atomic mass is 32.1. The normalized spacial score (nSPS) is 21.9. The minimum Gasteiger partial charge on any atom is -0.391 e. The van der Waals surface area contributed by atoms with Gasteiger partial charge in [-0.05, 0) is 36.6 Å². The van der Waals surface area contributed by atoms with Gasteiger partial charge in [-0.15, -0.1) is 0 Å². The molecule has 3 heterocycles. The second kappa shape index (κ2) is 7.02. The van der Waals surface area contributed by atoms with Gasteiger partial charge in [0, 0.05) is 12.5 Å². The van der Waals surface area contributed by atoms with Gasteiger partial charge in [-0.25, -0.2) is 9.23 Å². The molecule has 0 saturated heterocycles. The number of rotatable bonds is 4. The molecular weight excluding hydrogens is 356 g/mol. The van der Waals surface area contributed by atoms with E-state index in [-0.39, 0.29) is 12.1 Å². The third-order valence-electron chi connectivity index (χ3n) is 5.50. The Balaban J connectivity index is 1.39. The standard InChI is InChI=1S/C21H23N4OS/c26-18-6-2-1-5-16(18)23-21-24-17-9-8-14(12-19(17)27-21)11-15-13-22-20-7-3-4-10-25(15)20/h3-4,7-10,12,16,18,26H,1-2,5-6,11,13H2,(H,23,24)/q+1/t16-,18-/m1/s1. The van der Waals surface area contributed by atoms with Crippen molar-refractivity contribution >= 4 is 26.7 Å². The first kappa shape index (κ1) is 16.8. The SMILES string of the molecule is O[C@@H]1CCCC[C@H]1Nc1nc2ccc(CC3=[n+]4ccccc4=NC3)cc2s1. The molecule has 2 aromatic heterocycles. The Hall–Kier alpha value is -2.31. The maximum Gasteiger partial charge on any atom is 0.322 e. The van der Waals surface area contributed by atoms with Crippen LogP contribution in [0.4, 0.5) is 5.13 Å². The smallest absolute Gasteiger partial charge is 0.322 e. The van der Waals surface area contributed by atoms with E-state index in [1.807, 2.05) is 12.1 Å². The predicted octanol–water partition coefficient (Wildman–Crippen LogP) is 2.56. The Kier molecular flexibility index (Phi) is 4.38. The first-order valence-electron chi connectivity index (χ1n) is 9.63. The van der Waals surface area contributed by atoms with Crippen LogP contribution in [0.3, 0.4) is 0 Å². The van der Waals surface area contributed by atoms with Gasteiger partial charge in [-0.3, -0.25) is 0 Å². The van der Waals surface area contributed by atoms with E-state index in [0.29, 0.717) is 0 Å². The molecule has 1 fully saturated rings. The number of aliphatic hydroxyl groups is 1. The quantitative estimate of drug-likeness (QED) is 0.685. The van der Waals surface area contributed by atoms with Gasteiger partial charge in [0.15, 0.2) is 11.7 Å². The number of nitrogens with zero attached hydrogens (tertiary/aromatic N) is 3. The number of anilines is 1. The van der Waals surface area contributed by atoms with Crippen molar-refractivity contribution in [3.05, 3.63) is 59.4 Å². The van der Waals surface area contributed by atoms with E-state index < -0.39 is 0 Å². The number of aliphatic hydroxyl groups excluding tert-OH is 1. The van der Waals surface area contributed by atoms with Crippen molar-refractivity contribution in [1.29, 1.82) is 0 Å². The molecule has 0 radical (unpaired) electrons. The molecular formula is C21H23N4OS+. The molecule has 27 heavy (non-hydrogen) atoms. The molecule has 1 saturated carbocycles. The molecule has 0 spiro atoms. The fourth-order valence-electron chi connectivity index (χ4n) is 4.03. The van der Waals surface area contributed by atoms with E-state index >= 15 is 0 Å². The summed E-state index contributed by atoms with van der Waals surface area (Å²) in [7, 11) is 0. The van der Waals surface area contributed by atoms with Crippen LogP contribution >= 0.6 is 11.3 Å². The van der Waals surface area contributed by atoms with E-state index in [2.05, 4.69) is 45.0 Å². The Morgan fingerprint density at radius 2 is 2.11 bits per heavy atom. The molecule has 6 heteroatoms. The summed E-state index contributed by atoms with van der Waals surface area (Å²) in [6, 6.07) is 12.8. The van der Waals surface area contributed by atoms with Crippen molar-refractivity contribution < 1.29 is 9.35 Å². The lowest BCUT2D eigenvalue weighted by molar-refractivity contribution is -0.536. The van der Waals surface area contributed by atoms with E-state index in [1.165, 1.54) is 22.4 Å². The summed E-state index contributed by atoms with van der Waals surface area (Å²) in [5.41, 5.74) is 4.64. The molecule has 138 valence electrons. The summed E-state index contributed by atoms with van der Waals surface area (Å²) < 4.78 is 3.38. The molecule has 5 nitrogen and oxygen atoms in total. The minimum atomic E-state index is -0.263. The Labute approximate surface area is 161 Å². The van der Waals surface area contributed by atoms with E-state index in [1.54, 1.807) is 11.3 Å². The van der Waals surface area contributed by atoms with Crippen LogP contribution in [0.5, 0.6) is 0 Å². The number of pyridine rings is 1. The Bertz CT molecular complexity index is 1110. The van der Waals surface area contributed by atoms with Crippen LogP contribution < -0.4 is 15.0 Å². The van der Waals surface area contributed by atoms with Crippen LogP contribution in [0.25, 0.3) is 10.2 Å². The van der Waals surface area contributed by atoms with Crippen LogP contribution in [0, 0.1) is 5.71 Å². The van der Waals surface area contributed by atoms with Gasteiger partial charge in [0.25, 0.3) is 0 Å². The Morgan fingerprint density at radius 1 is 1.19 bits per heavy atom. The minimum absolute atomic E-state index is 0.127. The number of hydrogen-bond acceptors (Lipinski definition) is 5. The van der Waals surface area contributed by atoms with Crippen molar-refractivity contribution in [2.45, 2.75) is 44.2 Å². The highest BCUT2D eigenvalue weighted by Crippen LogP contribution is 2.30. The zero-order valence-electron chi connectivity index (χ0n) is 15.1. The van der Waals surface area contributed by atoms with E-state index in [0.717, 1.165) is 48.4 Å². The molecule has 3 aromatic rings. The molecule has 1 aliphatic heterocycles. The van der Waals surface area contributed by atoms with Crippen molar-refractivity contribution in [2.24, 2.45) is 4.99 Å². The molecule has 1 aliphatic carbocycles. The van der Waals surface area contributed by atoms with Gasteiger partial charge in [-0.1, -0.05) is 41.3 Å². The van der Waals surface area contributed by atoms with Crippen LogP contribution in [0.15, 0.2) is 47.6 Å². The molecule has 2 N–H and O–H groups in total. The van der Waals surface area contributed by atoms with E-state index in [9.17, 15) is 5.11 Å². The summed E-state index contributed by atoms with van der Waals surface area (Å²) in [5, 5.41) is 14.6. The van der Waals surface area contributed by atoms with Gasteiger partial charge in [0.1, 0.15) is 5.71 Å². The maximum atomic E-state index is 10.2. The fourth-order valence-corrected chi connectivity index (χ4v) is 5.03. The lowest BCUT2D eigenvalue weighted by atomic mass is 9.93. The largest absolute Gasteiger partial charge is 0.391 e. The molecule has 2 aliphatic rings. The number of hydrogen-bond donors (Lipinski definition) is 2. The van der Waals surface area contributed by atoms with E-state index in [4.69, 9.17) is 4.98 Å². The lowest BCUT2D eigenvalue weighted by Crippen LogP contribution is -2.36. The summed E-state index contributed by atoms with van der Waals surface area (Å²) in [6.45, 7) is 0.761. The second-order valence-corrected chi connectivity index (χ2v) is 8.44. The van der Waals surface area contributed by atoms with Gasteiger partial charge >= 0.3 is 5.49 Å². The topological polar surface area (TPSA) is 63.4 Å². The van der Waals surface area contributed by atoms with Crippen LogP contribution in [-0.2, 0) is 6.42 Å². The van der Waals surface area contributed by atoms with Crippen molar-refractivity contribution in [3.63, 3.8) is 0 Å². The second-order valence-electron chi connectivity index (χ2n) is 7.41. The Morgan fingerprint density at radius 3 is 3.04 bits per heavy atom. The number of aromatic nitrogens is 2. The number of nitrogens with one attached hydrogen (secondary N) is 1. The molecule has 0 amide bonds. The average Bonchev–Trinajstić information content (AvgIpc) is 3.27. The van der Waals surface area contributed by atoms with Crippen LogP contribution in [0.1, 0.15) is 31.2 Å². The summed E-state index contributed by atoms with van der Waals surface area (Å²) in [6.07, 6.45) is 6.91. The molecule has 0 unspecified atom stereocenters. The highest BCUT2D eigenvalue weighted by molar-refractivity contribution is 7.22. The summed E-state index contributed by atoms with van der Waals surface area (Å²) >= 11 is 1.68. The molecule has 2 atom stereocenters. The van der Waals surface area contributed by atoms with Crippen LogP contribution in [-0.4, -0.2) is 28.8 Å². The van der Waals surface area contributed by atoms with Gasteiger partial charge in [0.2, 0.25) is 0 Å². The molecule has 0 bridgehead atoms. The zero-order chi connectivity index (χ0) is 18.2. The molecule has 5 rings (SSSR count). The first-order valence-corrected chi connectivity index (χ1v) is 10.5. The van der Waals surface area contributed by atoms with Gasteiger partial charge in [0.05, 0.1) is 28.6 Å². The fraction of sp³-hybridized carbons (Fsp3) is 0.381. The number of benzene rings is 1. The van der Waals surface area contributed by atoms with Crippen molar-refractivity contribution in [1.82, 2.24) is 4.98 Å². The number of thiazole rings is 1. The average molecular weight is 380 g/mol. The highest BCUT2D eigenvalue weighted by Gasteiger charge is 2.24. The summed E-state index contributed by atoms with van der Waals surface area (Å²) in [5.74, 6) is 0. The first-order chi connectivity index (χ1) is 13.3. The third kappa shape index (κ3) is 3.35. The van der Waals surface area contributed by atoms with Crippen LogP contribution in [0.2, 0.25) is 0 Å². The maximum absolute atomic E-state index is 10.2. The van der Waals surface area contributed by atoms with Crippen molar-refractivity contribution in [2.75, 3.05) is 11.9 Å². The zero-order valence-corrected chi connectivity index (χ0v) is 16.0. The molecule has 1 aromatic carbocycles. The number of fused-ring (bicyclic) bond motifs is 2. The summed E-state index contributed by atoms with van der Waals surface area (Å²) in [4.78, 5) is 9.31. The third-order valence-corrected chi connectivity index (χ3v) is 6.45. The van der Waals surface area contributed by atoms with Gasteiger partial charge < -0.3 is 10.4 Å². The van der Waals surface area contributed by atoms with Gasteiger partial charge in [-0.2, -0.15) is 0 Å². The lowest BCUT2D eigenvalue weighted by Gasteiger charge is -2.27. The van der Waals surface area contributed by atoms with Crippen molar-refractivity contribution in [3.8, 4) is 0 Å². The monoisotopic (exact) mass is 379 g/mol.